The van der Waals surface area contributed by atoms with Gasteiger partial charge in [0.25, 0.3) is 15.9 Å². The molecule has 0 radical (unpaired) electrons. The zero-order chi connectivity index (χ0) is 14.8. The number of nitrogens with one attached hydrogen (secondary N) is 1. The molecule has 0 bridgehead atoms. The van der Waals surface area contributed by atoms with E-state index in [2.05, 4.69) is 5.32 Å². The monoisotopic (exact) mass is 289 g/mol. The van der Waals surface area contributed by atoms with Crippen LogP contribution in [-0.2, 0) is 10.0 Å². The Morgan fingerprint density at radius 1 is 1.53 bits per heavy atom. The van der Waals surface area contributed by atoms with Gasteiger partial charge in [0.05, 0.1) is 5.56 Å². The molecule has 1 aromatic rings. The van der Waals surface area contributed by atoms with Gasteiger partial charge in [-0.05, 0) is 13.8 Å². The Kier molecular flexibility index (Phi) is 4.72. The van der Waals surface area contributed by atoms with Gasteiger partial charge >= 0.3 is 0 Å². The Labute approximate surface area is 112 Å². The van der Waals surface area contributed by atoms with E-state index in [1.165, 1.54) is 27.1 Å². The molecule has 1 heterocycles. The number of sulfonamides is 1. The van der Waals surface area contributed by atoms with E-state index in [1.54, 1.807) is 6.92 Å². The van der Waals surface area contributed by atoms with E-state index < -0.39 is 15.9 Å². The number of furan rings is 1. The third-order valence-electron chi connectivity index (χ3n) is 2.61. The van der Waals surface area contributed by atoms with E-state index in [0.717, 1.165) is 4.31 Å². The van der Waals surface area contributed by atoms with Crippen molar-refractivity contribution in [3.8, 4) is 0 Å². The fourth-order valence-corrected chi connectivity index (χ4v) is 2.20. The van der Waals surface area contributed by atoms with Crippen LogP contribution in [0.2, 0.25) is 0 Å². The van der Waals surface area contributed by atoms with Crippen molar-refractivity contribution in [2.45, 2.75) is 25.0 Å². The minimum Gasteiger partial charge on any atom is -0.448 e. The lowest BCUT2D eigenvalue weighted by atomic mass is 10.2. The summed E-state index contributed by atoms with van der Waals surface area (Å²) < 4.78 is 29.9. The highest BCUT2D eigenvalue weighted by atomic mass is 32.2. The van der Waals surface area contributed by atoms with Crippen LogP contribution in [0.1, 0.15) is 23.0 Å². The summed E-state index contributed by atoms with van der Waals surface area (Å²) in [5.41, 5.74) is 5.61. The van der Waals surface area contributed by atoms with E-state index in [1.807, 2.05) is 0 Å². The lowest BCUT2D eigenvalue weighted by Gasteiger charge is -2.10. The molecule has 1 amide bonds. The SMILES string of the molecule is Cc1oc(S(=O)(=O)N(C)C)cc1C(=O)N[C@@H](C)CN. The van der Waals surface area contributed by atoms with Crippen LogP contribution in [0.3, 0.4) is 0 Å². The summed E-state index contributed by atoms with van der Waals surface area (Å²) in [4.78, 5) is 11.9. The Morgan fingerprint density at radius 2 is 2.11 bits per heavy atom. The molecule has 1 rings (SSSR count). The smallest absolute Gasteiger partial charge is 0.275 e. The average Bonchev–Trinajstić information content (AvgIpc) is 2.71. The Morgan fingerprint density at radius 3 is 2.58 bits per heavy atom. The average molecular weight is 289 g/mol. The van der Waals surface area contributed by atoms with Crippen molar-refractivity contribution < 1.29 is 17.6 Å². The molecule has 108 valence electrons. The maximum atomic E-state index is 11.9. The van der Waals surface area contributed by atoms with Crippen molar-refractivity contribution in [2.75, 3.05) is 20.6 Å². The normalized spacial score (nSPS) is 13.6. The molecule has 1 atom stereocenters. The molecule has 0 aliphatic carbocycles. The highest BCUT2D eigenvalue weighted by Gasteiger charge is 2.25. The Hall–Kier alpha value is -1.38. The second-order valence-electron chi connectivity index (χ2n) is 4.43. The van der Waals surface area contributed by atoms with Gasteiger partial charge < -0.3 is 15.5 Å². The summed E-state index contributed by atoms with van der Waals surface area (Å²) in [7, 11) is -0.900. The van der Waals surface area contributed by atoms with Crippen LogP contribution < -0.4 is 11.1 Å². The fourth-order valence-electron chi connectivity index (χ4n) is 1.35. The van der Waals surface area contributed by atoms with E-state index in [4.69, 9.17) is 10.2 Å². The second-order valence-corrected chi connectivity index (χ2v) is 6.52. The Balaban J connectivity index is 3.08. The largest absolute Gasteiger partial charge is 0.448 e. The van der Waals surface area contributed by atoms with Gasteiger partial charge in [0.2, 0.25) is 5.09 Å². The van der Waals surface area contributed by atoms with E-state index in [0.29, 0.717) is 6.54 Å². The first-order valence-corrected chi connectivity index (χ1v) is 7.18. The van der Waals surface area contributed by atoms with Gasteiger partial charge in [0.15, 0.2) is 0 Å². The molecule has 0 aliphatic rings. The quantitative estimate of drug-likeness (QED) is 0.788. The van der Waals surface area contributed by atoms with Gasteiger partial charge in [0.1, 0.15) is 5.76 Å². The van der Waals surface area contributed by atoms with Crippen molar-refractivity contribution >= 4 is 15.9 Å². The molecule has 3 N–H and O–H groups in total. The third kappa shape index (κ3) is 3.34. The molecule has 1 aromatic heterocycles. The van der Waals surface area contributed by atoms with Gasteiger partial charge in [0, 0.05) is 32.7 Å². The number of rotatable bonds is 5. The lowest BCUT2D eigenvalue weighted by Crippen LogP contribution is -2.37. The van der Waals surface area contributed by atoms with E-state index in [9.17, 15) is 13.2 Å². The first kappa shape index (κ1) is 15.7. The predicted octanol–water partition coefficient (Wildman–Crippen LogP) is -0.0847. The summed E-state index contributed by atoms with van der Waals surface area (Å²) in [5.74, 6) is -0.151. The summed E-state index contributed by atoms with van der Waals surface area (Å²) >= 11 is 0. The van der Waals surface area contributed by atoms with Crippen LogP contribution in [0.5, 0.6) is 0 Å². The van der Waals surface area contributed by atoms with Gasteiger partial charge in [-0.2, -0.15) is 0 Å². The zero-order valence-electron chi connectivity index (χ0n) is 11.4. The minimum atomic E-state index is -3.68. The molecule has 0 unspecified atom stereocenters. The number of nitrogens with two attached hydrogens (primary N) is 1. The van der Waals surface area contributed by atoms with Crippen molar-refractivity contribution in [1.82, 2.24) is 9.62 Å². The van der Waals surface area contributed by atoms with Crippen molar-refractivity contribution in [1.29, 1.82) is 0 Å². The summed E-state index contributed by atoms with van der Waals surface area (Å²) in [5, 5.41) is 2.40. The Bertz CT molecular complexity index is 562. The third-order valence-corrected chi connectivity index (χ3v) is 4.28. The first-order valence-electron chi connectivity index (χ1n) is 5.74. The first-order chi connectivity index (χ1) is 8.70. The molecule has 19 heavy (non-hydrogen) atoms. The van der Waals surface area contributed by atoms with Crippen molar-refractivity contribution in [3.05, 3.63) is 17.4 Å². The number of nitrogens with zero attached hydrogens (tertiary/aromatic N) is 1. The van der Waals surface area contributed by atoms with Crippen LogP contribution >= 0.6 is 0 Å². The number of hydrogen-bond donors (Lipinski definition) is 2. The number of hydrogen-bond acceptors (Lipinski definition) is 5. The molecule has 0 fully saturated rings. The molecule has 0 spiro atoms. The molecule has 0 saturated heterocycles. The van der Waals surface area contributed by atoms with Crippen LogP contribution in [0.4, 0.5) is 0 Å². The summed E-state index contributed by atoms with van der Waals surface area (Å²) in [6.07, 6.45) is 0. The summed E-state index contributed by atoms with van der Waals surface area (Å²) in [6.45, 7) is 3.59. The zero-order valence-corrected chi connectivity index (χ0v) is 12.2. The van der Waals surface area contributed by atoms with Crippen LogP contribution in [0, 0.1) is 6.92 Å². The van der Waals surface area contributed by atoms with Crippen molar-refractivity contribution in [2.24, 2.45) is 5.73 Å². The standard InChI is InChI=1S/C11H19N3O4S/c1-7(6-12)13-11(15)9-5-10(18-8(9)2)19(16,17)14(3)4/h5,7H,6,12H2,1-4H3,(H,13,15)/t7-/m0/s1. The number of carbonyl (C=O) groups excluding carboxylic acids is 1. The van der Waals surface area contributed by atoms with Gasteiger partial charge in [-0.3, -0.25) is 4.79 Å². The van der Waals surface area contributed by atoms with Gasteiger partial charge in [-0.25, -0.2) is 12.7 Å². The number of carbonyl (C=O) groups is 1. The van der Waals surface area contributed by atoms with E-state index >= 15 is 0 Å². The molecular formula is C11H19N3O4S. The van der Waals surface area contributed by atoms with Crippen molar-refractivity contribution in [3.63, 3.8) is 0 Å². The summed E-state index contributed by atoms with van der Waals surface area (Å²) in [6, 6.07) is 1.03. The lowest BCUT2D eigenvalue weighted by molar-refractivity contribution is 0.0939. The highest BCUT2D eigenvalue weighted by Crippen LogP contribution is 2.21. The van der Waals surface area contributed by atoms with Crippen LogP contribution in [0.15, 0.2) is 15.6 Å². The molecular weight excluding hydrogens is 270 g/mol. The van der Waals surface area contributed by atoms with Gasteiger partial charge in [-0.1, -0.05) is 0 Å². The second kappa shape index (κ2) is 5.72. The highest BCUT2D eigenvalue weighted by molar-refractivity contribution is 7.88. The van der Waals surface area contributed by atoms with Crippen LogP contribution in [0.25, 0.3) is 0 Å². The molecule has 7 nitrogen and oxygen atoms in total. The topological polar surface area (TPSA) is 106 Å². The molecule has 0 saturated carbocycles. The number of amides is 1. The predicted molar refractivity (Wildman–Crippen MR) is 70.3 cm³/mol. The van der Waals surface area contributed by atoms with E-state index in [-0.39, 0.29) is 22.5 Å². The van der Waals surface area contributed by atoms with Crippen LogP contribution in [-0.4, -0.2) is 45.3 Å². The molecule has 0 aromatic carbocycles. The minimum absolute atomic E-state index is 0.195. The molecule has 0 aliphatic heterocycles. The maximum absolute atomic E-state index is 11.9. The molecule has 8 heteroatoms. The number of aryl methyl sites for hydroxylation is 1. The van der Waals surface area contributed by atoms with Gasteiger partial charge in [-0.15, -0.1) is 0 Å². The maximum Gasteiger partial charge on any atom is 0.275 e. The fraction of sp³-hybridized carbons (Fsp3) is 0.545.